The van der Waals surface area contributed by atoms with E-state index in [1.165, 1.54) is 17.1 Å². The number of carbonyl (C=O) groups excluding carboxylic acids is 2. The van der Waals surface area contributed by atoms with Crippen LogP contribution in [0.1, 0.15) is 51.8 Å². The second-order valence-electron chi connectivity index (χ2n) is 13.1. The van der Waals surface area contributed by atoms with Crippen LogP contribution in [-0.4, -0.2) is 66.1 Å². The van der Waals surface area contributed by atoms with Crippen molar-refractivity contribution in [3.05, 3.63) is 96.6 Å². The summed E-state index contributed by atoms with van der Waals surface area (Å²) in [6.45, 7) is 8.42. The average molecular weight is 641 g/mol. The first-order chi connectivity index (χ1) is 22.2. The monoisotopic (exact) mass is 640 g/mol. The number of imidazole rings is 1. The van der Waals surface area contributed by atoms with Gasteiger partial charge in [-0.15, -0.1) is 0 Å². The van der Waals surface area contributed by atoms with Gasteiger partial charge in [0.2, 0.25) is 5.91 Å². The van der Waals surface area contributed by atoms with Crippen molar-refractivity contribution in [3.8, 4) is 0 Å². The van der Waals surface area contributed by atoms with Gasteiger partial charge in [0.15, 0.2) is 11.9 Å². The van der Waals surface area contributed by atoms with Gasteiger partial charge in [-0.3, -0.25) is 10.1 Å². The molecule has 2 unspecified atom stereocenters. The Hall–Kier alpha value is -5.20. The number of nitrogens with one attached hydrogen (secondary N) is 4. The number of carbonyl (C=O) groups is 3. The smallest absolute Gasteiger partial charge is 0.408 e. The van der Waals surface area contributed by atoms with Gasteiger partial charge in [0.1, 0.15) is 11.8 Å². The molecule has 3 atom stereocenters. The van der Waals surface area contributed by atoms with Crippen molar-refractivity contribution in [1.29, 1.82) is 0 Å². The Bertz CT molecular complexity index is 1910. The maximum atomic E-state index is 13.8. The summed E-state index contributed by atoms with van der Waals surface area (Å²) in [7, 11) is 0. The molecule has 5 aromatic rings. The van der Waals surface area contributed by atoms with Crippen molar-refractivity contribution >= 4 is 45.5 Å². The van der Waals surface area contributed by atoms with E-state index in [2.05, 4.69) is 25.9 Å². The summed E-state index contributed by atoms with van der Waals surface area (Å²) >= 11 is 0. The lowest BCUT2D eigenvalue weighted by atomic mass is 9.99. The molecule has 0 aliphatic heterocycles. The third kappa shape index (κ3) is 7.97. The van der Waals surface area contributed by atoms with Gasteiger partial charge in [-0.05, 0) is 75.1 Å². The van der Waals surface area contributed by atoms with Gasteiger partial charge in [0, 0.05) is 23.3 Å². The van der Waals surface area contributed by atoms with Gasteiger partial charge in [0.05, 0.1) is 17.9 Å². The van der Waals surface area contributed by atoms with E-state index in [1.54, 1.807) is 46.9 Å². The number of carboxylic acids is 1. The molecule has 0 saturated carbocycles. The molecule has 12 heteroatoms. The first-order valence-corrected chi connectivity index (χ1v) is 15.3. The number of carboxylic acid groups (broad SMARTS) is 1. The van der Waals surface area contributed by atoms with Crippen molar-refractivity contribution in [3.63, 3.8) is 0 Å². The first-order valence-electron chi connectivity index (χ1n) is 15.3. The average Bonchev–Trinajstić information content (AvgIpc) is 3.62. The zero-order valence-electron chi connectivity index (χ0n) is 26.9. The summed E-state index contributed by atoms with van der Waals surface area (Å²) < 4.78 is 6.78. The van der Waals surface area contributed by atoms with Gasteiger partial charge >= 0.3 is 12.1 Å². The standard InChI is InChI=1S/C35H40N6O6/c1-34(2,3)47-33(46)40-35(4,5)32(45)38-27(17-24-18-36-26-13-9-8-12-25(24)26)30(42)39-28-19-41(20-37-28)29(31(43)44)23-15-14-21-10-6-7-11-22(21)16-23/h6-16,18-20,27,29,32,36,38,45H,17H2,1-5H3,(H,39,42)(H,40,46)(H,43,44)/t27-,29?,32?/m1/s1. The maximum absolute atomic E-state index is 13.8. The molecule has 0 radical (unpaired) electrons. The predicted molar refractivity (Wildman–Crippen MR) is 179 cm³/mol. The number of nitrogens with zero attached hydrogens (tertiary/aromatic N) is 2. The Morgan fingerprint density at radius 2 is 1.68 bits per heavy atom. The second-order valence-corrected chi connectivity index (χ2v) is 13.1. The minimum absolute atomic E-state index is 0.133. The minimum atomic E-state index is -1.38. The third-order valence-electron chi connectivity index (χ3n) is 7.76. The number of rotatable bonds is 11. The van der Waals surface area contributed by atoms with E-state index in [0.29, 0.717) is 5.56 Å². The summed E-state index contributed by atoms with van der Waals surface area (Å²) in [6.07, 6.45) is 2.70. The summed E-state index contributed by atoms with van der Waals surface area (Å²) in [5, 5.41) is 32.6. The molecule has 0 saturated heterocycles. The molecule has 6 N–H and O–H groups in total. The van der Waals surface area contributed by atoms with Crippen LogP contribution in [0.2, 0.25) is 0 Å². The van der Waals surface area contributed by atoms with Gasteiger partial charge in [0.25, 0.3) is 0 Å². The summed E-state index contributed by atoms with van der Waals surface area (Å²) in [4.78, 5) is 46.2. The molecule has 2 aromatic heterocycles. The van der Waals surface area contributed by atoms with Crippen molar-refractivity contribution in [2.45, 2.75) is 70.5 Å². The molecule has 5 rings (SSSR count). The second kappa shape index (κ2) is 13.3. The van der Waals surface area contributed by atoms with E-state index in [4.69, 9.17) is 4.74 Å². The molecule has 0 aliphatic carbocycles. The van der Waals surface area contributed by atoms with Crippen molar-refractivity contribution in [1.82, 2.24) is 25.2 Å². The third-order valence-corrected chi connectivity index (χ3v) is 7.76. The number of H-pyrrole nitrogens is 1. The largest absolute Gasteiger partial charge is 0.479 e. The van der Waals surface area contributed by atoms with Crippen molar-refractivity contribution < 1.29 is 29.3 Å². The summed E-state index contributed by atoms with van der Waals surface area (Å²) in [5.74, 6) is -1.48. The number of alkyl carbamates (subject to hydrolysis) is 1. The number of fused-ring (bicyclic) bond motifs is 2. The van der Waals surface area contributed by atoms with Crippen LogP contribution in [0.4, 0.5) is 10.6 Å². The predicted octanol–water partition coefficient (Wildman–Crippen LogP) is 4.95. The van der Waals surface area contributed by atoms with Crippen LogP contribution in [-0.2, 0) is 20.7 Å². The molecule has 47 heavy (non-hydrogen) atoms. The van der Waals surface area contributed by atoms with Gasteiger partial charge in [-0.2, -0.15) is 0 Å². The molecule has 2 heterocycles. The fraction of sp³-hybridized carbons (Fsp3) is 0.314. The molecular formula is C35H40N6O6. The highest BCUT2D eigenvalue weighted by Crippen LogP contribution is 2.25. The van der Waals surface area contributed by atoms with Gasteiger partial charge in [-0.25, -0.2) is 14.6 Å². The molecule has 2 amide bonds. The molecular weight excluding hydrogens is 600 g/mol. The SMILES string of the molecule is CC(C)(C)OC(=O)NC(C)(C)C(O)N[C@H](Cc1c[nH]c2ccccc12)C(=O)Nc1cn(C(C(=O)O)c2ccc3ccccc3c2)cn1. The summed E-state index contributed by atoms with van der Waals surface area (Å²) in [6, 6.07) is 18.7. The van der Waals surface area contributed by atoms with Crippen LogP contribution in [0.5, 0.6) is 0 Å². The minimum Gasteiger partial charge on any atom is -0.479 e. The van der Waals surface area contributed by atoms with E-state index in [9.17, 15) is 24.6 Å². The highest BCUT2D eigenvalue weighted by Gasteiger charge is 2.35. The fourth-order valence-electron chi connectivity index (χ4n) is 5.36. The lowest BCUT2D eigenvalue weighted by molar-refractivity contribution is -0.139. The van der Waals surface area contributed by atoms with Gasteiger partial charge in [-0.1, -0.05) is 54.6 Å². The Labute approximate surface area is 272 Å². The number of aliphatic hydroxyl groups excluding tert-OH is 1. The number of ether oxygens (including phenoxy) is 1. The number of aromatic amines is 1. The number of aliphatic hydroxyl groups is 1. The number of para-hydroxylation sites is 1. The maximum Gasteiger partial charge on any atom is 0.408 e. The van der Waals surface area contributed by atoms with Crippen LogP contribution < -0.4 is 16.0 Å². The van der Waals surface area contributed by atoms with Crippen LogP contribution in [0.15, 0.2) is 85.5 Å². The number of hydrogen-bond donors (Lipinski definition) is 6. The normalized spacial score (nSPS) is 14.0. The zero-order chi connectivity index (χ0) is 33.9. The van der Waals surface area contributed by atoms with E-state index in [-0.39, 0.29) is 12.2 Å². The molecule has 0 fully saturated rings. The van der Waals surface area contributed by atoms with Crippen molar-refractivity contribution in [2.75, 3.05) is 5.32 Å². The molecule has 3 aromatic carbocycles. The van der Waals surface area contributed by atoms with E-state index < -0.39 is 47.4 Å². The van der Waals surface area contributed by atoms with E-state index in [1.807, 2.05) is 60.7 Å². The summed E-state index contributed by atoms with van der Waals surface area (Å²) in [5.41, 5.74) is 0.283. The molecule has 0 bridgehead atoms. The number of anilines is 1. The number of amides is 2. The van der Waals surface area contributed by atoms with Crippen LogP contribution in [0.3, 0.4) is 0 Å². The van der Waals surface area contributed by atoms with Crippen LogP contribution >= 0.6 is 0 Å². The lowest BCUT2D eigenvalue weighted by Crippen LogP contribution is -2.61. The Morgan fingerprint density at radius 1 is 0.979 bits per heavy atom. The Kier molecular flexibility index (Phi) is 9.36. The van der Waals surface area contributed by atoms with E-state index in [0.717, 1.165) is 27.2 Å². The molecule has 0 spiro atoms. The molecule has 12 nitrogen and oxygen atoms in total. The van der Waals surface area contributed by atoms with E-state index >= 15 is 0 Å². The lowest BCUT2D eigenvalue weighted by Gasteiger charge is -2.35. The Balaban J connectivity index is 1.37. The highest BCUT2D eigenvalue weighted by atomic mass is 16.6. The topological polar surface area (TPSA) is 171 Å². The number of hydrogen-bond acceptors (Lipinski definition) is 7. The van der Waals surface area contributed by atoms with Crippen LogP contribution in [0, 0.1) is 0 Å². The Morgan fingerprint density at radius 3 is 2.40 bits per heavy atom. The van der Waals surface area contributed by atoms with Crippen molar-refractivity contribution in [2.24, 2.45) is 0 Å². The fourth-order valence-corrected chi connectivity index (χ4v) is 5.36. The first kappa shape index (κ1) is 33.2. The molecule has 0 aliphatic rings. The number of benzene rings is 3. The molecule has 246 valence electrons. The van der Waals surface area contributed by atoms with Gasteiger partial charge < -0.3 is 35.1 Å². The quantitative estimate of drug-likeness (QED) is 0.110. The number of aromatic nitrogens is 3. The van der Waals surface area contributed by atoms with Crippen LogP contribution in [0.25, 0.3) is 21.7 Å². The number of aliphatic carboxylic acids is 1. The highest BCUT2D eigenvalue weighted by molar-refractivity contribution is 5.95. The zero-order valence-corrected chi connectivity index (χ0v) is 26.9.